The second-order valence-corrected chi connectivity index (χ2v) is 3.29. The molecule has 0 saturated carbocycles. The van der Waals surface area contributed by atoms with Gasteiger partial charge in [-0.2, -0.15) is 5.26 Å². The van der Waals surface area contributed by atoms with E-state index in [1.165, 1.54) is 4.90 Å². The molecule has 0 aromatic rings. The number of carbonyl (C=O) groups excluding carboxylic acids is 1. The van der Waals surface area contributed by atoms with Crippen molar-refractivity contribution in [3.8, 4) is 6.07 Å². The monoisotopic (exact) mass is 212 g/mol. The summed E-state index contributed by atoms with van der Waals surface area (Å²) in [6.45, 7) is 0.659. The molecule has 1 fully saturated rings. The van der Waals surface area contributed by atoms with E-state index in [9.17, 15) is 9.59 Å². The highest BCUT2D eigenvalue weighted by atomic mass is 16.6. The molecule has 0 spiro atoms. The highest BCUT2D eigenvalue weighted by Gasteiger charge is 2.31. The van der Waals surface area contributed by atoms with Gasteiger partial charge in [0.25, 0.3) is 0 Å². The van der Waals surface area contributed by atoms with E-state index >= 15 is 0 Å². The van der Waals surface area contributed by atoms with Gasteiger partial charge in [0.05, 0.1) is 18.4 Å². The van der Waals surface area contributed by atoms with Gasteiger partial charge in [-0.05, 0) is 6.42 Å². The highest BCUT2D eigenvalue weighted by Crippen LogP contribution is 2.16. The quantitative estimate of drug-likeness (QED) is 0.685. The molecule has 1 unspecified atom stereocenters. The lowest BCUT2D eigenvalue weighted by molar-refractivity contribution is -0.141. The van der Waals surface area contributed by atoms with E-state index in [0.29, 0.717) is 13.0 Å². The van der Waals surface area contributed by atoms with Gasteiger partial charge in [-0.3, -0.25) is 4.79 Å². The Kier molecular flexibility index (Phi) is 3.92. The molecule has 1 heterocycles. The van der Waals surface area contributed by atoms with Crippen LogP contribution in [0.5, 0.6) is 0 Å². The smallest absolute Gasteiger partial charge is 0.409 e. The van der Waals surface area contributed by atoms with E-state index < -0.39 is 18.0 Å². The van der Waals surface area contributed by atoms with Crippen LogP contribution in [0, 0.1) is 17.2 Å². The molecule has 6 heteroatoms. The molecule has 1 aliphatic heterocycles. The van der Waals surface area contributed by atoms with Crippen molar-refractivity contribution in [3.05, 3.63) is 0 Å². The van der Waals surface area contributed by atoms with Crippen LogP contribution >= 0.6 is 0 Å². The molecule has 6 nitrogen and oxygen atoms in total. The molecular weight excluding hydrogens is 200 g/mol. The number of hydrogen-bond donors (Lipinski definition) is 1. The van der Waals surface area contributed by atoms with E-state index in [2.05, 4.69) is 0 Å². The van der Waals surface area contributed by atoms with E-state index in [4.69, 9.17) is 15.1 Å². The minimum Gasteiger partial charge on any atom is -0.481 e. The van der Waals surface area contributed by atoms with Gasteiger partial charge in [-0.25, -0.2) is 4.79 Å². The van der Waals surface area contributed by atoms with Gasteiger partial charge in [0.15, 0.2) is 0 Å². The SMILES string of the molecule is N#CCCOC(=O)N1CCC(C(=O)O)C1. The zero-order chi connectivity index (χ0) is 11.3. The maximum absolute atomic E-state index is 11.3. The zero-order valence-corrected chi connectivity index (χ0v) is 8.18. The normalized spacial score (nSPS) is 19.7. The van der Waals surface area contributed by atoms with E-state index in [1.807, 2.05) is 6.07 Å². The number of aliphatic carboxylic acids is 1. The maximum Gasteiger partial charge on any atom is 0.409 e. The van der Waals surface area contributed by atoms with Crippen LogP contribution in [-0.2, 0) is 9.53 Å². The van der Waals surface area contributed by atoms with Gasteiger partial charge in [-0.1, -0.05) is 0 Å². The Labute approximate surface area is 87.0 Å². The van der Waals surface area contributed by atoms with Crippen LogP contribution in [0.4, 0.5) is 4.79 Å². The van der Waals surface area contributed by atoms with Crippen molar-refractivity contribution < 1.29 is 19.4 Å². The second-order valence-electron chi connectivity index (χ2n) is 3.29. The van der Waals surface area contributed by atoms with Crippen molar-refractivity contribution in [2.45, 2.75) is 12.8 Å². The molecule has 1 aliphatic rings. The molecule has 0 aromatic heterocycles. The number of ether oxygens (including phenoxy) is 1. The van der Waals surface area contributed by atoms with Gasteiger partial charge in [0, 0.05) is 13.1 Å². The number of nitriles is 1. The first-order chi connectivity index (χ1) is 7.15. The molecule has 1 saturated heterocycles. The second kappa shape index (κ2) is 5.20. The molecule has 1 N–H and O–H groups in total. The number of hydrogen-bond acceptors (Lipinski definition) is 4. The van der Waals surface area contributed by atoms with Gasteiger partial charge in [0.1, 0.15) is 6.61 Å². The van der Waals surface area contributed by atoms with Crippen LogP contribution in [0.25, 0.3) is 0 Å². The van der Waals surface area contributed by atoms with Crippen LogP contribution in [0.1, 0.15) is 12.8 Å². The minimum atomic E-state index is -0.887. The van der Waals surface area contributed by atoms with Crippen LogP contribution in [0.3, 0.4) is 0 Å². The van der Waals surface area contributed by atoms with Crippen LogP contribution in [0.2, 0.25) is 0 Å². The van der Waals surface area contributed by atoms with E-state index in [1.54, 1.807) is 0 Å². The third-order valence-corrected chi connectivity index (χ3v) is 2.24. The molecule has 15 heavy (non-hydrogen) atoms. The summed E-state index contributed by atoms with van der Waals surface area (Å²) < 4.78 is 4.77. The number of likely N-dealkylation sites (tertiary alicyclic amines) is 1. The van der Waals surface area contributed by atoms with Crippen molar-refractivity contribution >= 4 is 12.1 Å². The number of amides is 1. The van der Waals surface area contributed by atoms with Crippen molar-refractivity contribution in [2.75, 3.05) is 19.7 Å². The first kappa shape index (κ1) is 11.3. The van der Waals surface area contributed by atoms with E-state index in [0.717, 1.165) is 0 Å². The van der Waals surface area contributed by atoms with Crippen molar-refractivity contribution in [2.24, 2.45) is 5.92 Å². The summed E-state index contributed by atoms with van der Waals surface area (Å²) >= 11 is 0. The summed E-state index contributed by atoms with van der Waals surface area (Å²) in [5.74, 6) is -1.38. The Morgan fingerprint density at radius 3 is 2.87 bits per heavy atom. The zero-order valence-electron chi connectivity index (χ0n) is 8.18. The third kappa shape index (κ3) is 3.13. The molecule has 82 valence electrons. The van der Waals surface area contributed by atoms with Gasteiger partial charge < -0.3 is 14.7 Å². The van der Waals surface area contributed by atoms with Gasteiger partial charge in [0.2, 0.25) is 0 Å². The fourth-order valence-corrected chi connectivity index (χ4v) is 1.40. The van der Waals surface area contributed by atoms with Gasteiger partial charge >= 0.3 is 12.1 Å². The lowest BCUT2D eigenvalue weighted by Gasteiger charge is -2.14. The number of nitrogens with zero attached hydrogens (tertiary/aromatic N) is 2. The minimum absolute atomic E-state index is 0.0591. The number of carboxylic acids is 1. The lowest BCUT2D eigenvalue weighted by Crippen LogP contribution is -2.30. The van der Waals surface area contributed by atoms with Crippen LogP contribution in [0.15, 0.2) is 0 Å². The predicted molar refractivity (Wildman–Crippen MR) is 48.9 cm³/mol. The molecular formula is C9H12N2O4. The highest BCUT2D eigenvalue weighted by molar-refractivity contribution is 5.74. The maximum atomic E-state index is 11.3. The Hall–Kier alpha value is -1.77. The third-order valence-electron chi connectivity index (χ3n) is 2.24. The first-order valence-electron chi connectivity index (χ1n) is 4.66. The summed E-state index contributed by atoms with van der Waals surface area (Å²) in [6.07, 6.45) is 0.0824. The standard InChI is InChI=1S/C9H12N2O4/c10-3-1-5-15-9(14)11-4-2-7(6-11)8(12)13/h7H,1-2,4-6H2,(H,12,13). The number of carboxylic acid groups (broad SMARTS) is 1. The molecule has 1 amide bonds. The summed E-state index contributed by atoms with van der Waals surface area (Å²) in [7, 11) is 0. The van der Waals surface area contributed by atoms with Crippen molar-refractivity contribution in [1.29, 1.82) is 5.26 Å². The Morgan fingerprint density at radius 1 is 1.60 bits per heavy atom. The summed E-state index contributed by atoms with van der Waals surface area (Å²) in [5, 5.41) is 16.9. The Bertz CT molecular complexity index is 297. The summed E-state index contributed by atoms with van der Waals surface area (Å²) in [6, 6.07) is 1.85. The Balaban J connectivity index is 2.31. The first-order valence-corrected chi connectivity index (χ1v) is 4.66. The average molecular weight is 212 g/mol. The molecule has 1 rings (SSSR count). The van der Waals surface area contributed by atoms with Crippen LogP contribution in [-0.4, -0.2) is 41.8 Å². The topological polar surface area (TPSA) is 90.6 Å². The predicted octanol–water partition coefficient (Wildman–Crippen LogP) is 0.443. The van der Waals surface area contributed by atoms with E-state index in [-0.39, 0.29) is 19.6 Å². The van der Waals surface area contributed by atoms with Crippen molar-refractivity contribution in [1.82, 2.24) is 4.90 Å². The molecule has 0 aromatic carbocycles. The Morgan fingerprint density at radius 2 is 2.33 bits per heavy atom. The van der Waals surface area contributed by atoms with Crippen LogP contribution < -0.4 is 0 Å². The lowest BCUT2D eigenvalue weighted by atomic mass is 10.1. The summed E-state index contributed by atoms with van der Waals surface area (Å²) in [4.78, 5) is 23.3. The molecule has 0 aliphatic carbocycles. The fourth-order valence-electron chi connectivity index (χ4n) is 1.40. The number of carbonyl (C=O) groups is 2. The number of rotatable bonds is 3. The van der Waals surface area contributed by atoms with Crippen molar-refractivity contribution in [3.63, 3.8) is 0 Å². The average Bonchev–Trinajstić information content (AvgIpc) is 2.66. The molecule has 1 atom stereocenters. The largest absolute Gasteiger partial charge is 0.481 e. The molecule has 0 radical (unpaired) electrons. The van der Waals surface area contributed by atoms with Gasteiger partial charge in [-0.15, -0.1) is 0 Å². The molecule has 0 bridgehead atoms. The fraction of sp³-hybridized carbons (Fsp3) is 0.667. The summed E-state index contributed by atoms with van der Waals surface area (Å²) in [5.41, 5.74) is 0.